The molecule has 5 heteroatoms. The largest absolute Gasteiger partial charge is 0.469 e. The van der Waals surface area contributed by atoms with E-state index in [-0.39, 0.29) is 5.54 Å². The summed E-state index contributed by atoms with van der Waals surface area (Å²) >= 11 is 1.72. The summed E-state index contributed by atoms with van der Waals surface area (Å²) in [6, 6.07) is 3.92. The Morgan fingerprint density at radius 1 is 1.15 bits per heavy atom. The molecule has 2 rings (SSSR count). The number of aryl methyl sites for hydroxylation is 3. The third kappa shape index (κ3) is 5.43. The van der Waals surface area contributed by atoms with Gasteiger partial charge < -0.3 is 9.73 Å². The third-order valence-corrected chi connectivity index (χ3v) is 3.94. The molecule has 0 saturated carbocycles. The first kappa shape index (κ1) is 15.2. The van der Waals surface area contributed by atoms with Crippen LogP contribution in [0.2, 0.25) is 0 Å². The summed E-state index contributed by atoms with van der Waals surface area (Å²) in [5.41, 5.74) is 0.190. The molecule has 2 aromatic rings. The van der Waals surface area contributed by atoms with Crippen LogP contribution in [0.15, 0.2) is 22.8 Å². The van der Waals surface area contributed by atoms with Crippen molar-refractivity contribution in [2.24, 2.45) is 0 Å². The molecule has 0 unspecified atom stereocenters. The predicted octanol–water partition coefficient (Wildman–Crippen LogP) is 3.24. The zero-order valence-corrected chi connectivity index (χ0v) is 13.3. The minimum atomic E-state index is 0.190. The van der Waals surface area contributed by atoms with Crippen molar-refractivity contribution in [2.45, 2.75) is 52.0 Å². The molecular formula is C15H23N3OS. The van der Waals surface area contributed by atoms with Crippen molar-refractivity contribution in [3.63, 3.8) is 0 Å². The van der Waals surface area contributed by atoms with Gasteiger partial charge in [-0.05, 0) is 45.9 Å². The summed E-state index contributed by atoms with van der Waals surface area (Å²) in [5.74, 6) is 1.01. The van der Waals surface area contributed by atoms with Gasteiger partial charge in [-0.3, -0.25) is 0 Å². The van der Waals surface area contributed by atoms with E-state index in [1.165, 1.54) is 0 Å². The van der Waals surface area contributed by atoms with Crippen LogP contribution in [-0.4, -0.2) is 22.3 Å². The van der Waals surface area contributed by atoms with Crippen LogP contribution in [0.1, 0.15) is 43.0 Å². The highest BCUT2D eigenvalue weighted by Crippen LogP contribution is 2.14. The highest BCUT2D eigenvalue weighted by Gasteiger charge is 2.09. The molecule has 110 valence electrons. The van der Waals surface area contributed by atoms with Gasteiger partial charge in [-0.25, -0.2) is 0 Å². The van der Waals surface area contributed by atoms with E-state index < -0.39 is 0 Å². The smallest absolute Gasteiger partial charge is 0.117 e. The molecule has 0 spiro atoms. The van der Waals surface area contributed by atoms with Crippen LogP contribution in [0.3, 0.4) is 0 Å². The second kappa shape index (κ2) is 6.99. The molecule has 0 aliphatic heterocycles. The van der Waals surface area contributed by atoms with Crippen LogP contribution >= 0.6 is 11.3 Å². The Morgan fingerprint density at radius 2 is 1.90 bits per heavy atom. The second-order valence-electron chi connectivity index (χ2n) is 5.95. The van der Waals surface area contributed by atoms with Crippen molar-refractivity contribution in [2.75, 3.05) is 6.54 Å². The molecule has 4 nitrogen and oxygen atoms in total. The molecule has 0 aliphatic rings. The first-order valence-electron chi connectivity index (χ1n) is 7.11. The lowest BCUT2D eigenvalue weighted by molar-refractivity contribution is 0.422. The molecule has 0 amide bonds. The van der Waals surface area contributed by atoms with Crippen molar-refractivity contribution >= 4 is 11.3 Å². The highest BCUT2D eigenvalue weighted by molar-refractivity contribution is 7.11. The summed E-state index contributed by atoms with van der Waals surface area (Å²) in [6.07, 6.45) is 5.62. The normalized spacial score (nSPS) is 11.9. The van der Waals surface area contributed by atoms with Gasteiger partial charge in [0.25, 0.3) is 0 Å². The van der Waals surface area contributed by atoms with E-state index in [1.54, 1.807) is 17.6 Å². The Balaban J connectivity index is 1.69. The van der Waals surface area contributed by atoms with Crippen LogP contribution in [0.25, 0.3) is 0 Å². The summed E-state index contributed by atoms with van der Waals surface area (Å²) in [5, 5.41) is 14.2. The van der Waals surface area contributed by atoms with Crippen LogP contribution in [0.4, 0.5) is 0 Å². The van der Waals surface area contributed by atoms with Crippen LogP contribution in [0.5, 0.6) is 0 Å². The zero-order chi connectivity index (χ0) is 14.4. The number of aromatic nitrogens is 2. The van der Waals surface area contributed by atoms with Crippen molar-refractivity contribution in [3.05, 3.63) is 34.2 Å². The number of nitrogens with one attached hydrogen (secondary N) is 1. The molecule has 0 aromatic carbocycles. The lowest BCUT2D eigenvalue weighted by atomic mass is 10.1. The van der Waals surface area contributed by atoms with Gasteiger partial charge in [0.1, 0.15) is 15.8 Å². The Labute approximate surface area is 124 Å². The fraction of sp³-hybridized carbons (Fsp3) is 0.600. The van der Waals surface area contributed by atoms with Crippen LogP contribution in [-0.2, 0) is 19.3 Å². The quantitative estimate of drug-likeness (QED) is 0.796. The molecule has 0 saturated heterocycles. The maximum atomic E-state index is 5.32. The van der Waals surface area contributed by atoms with E-state index in [1.807, 2.05) is 12.1 Å². The Morgan fingerprint density at radius 3 is 2.55 bits per heavy atom. The molecule has 0 bridgehead atoms. The van der Waals surface area contributed by atoms with Crippen molar-refractivity contribution in [1.82, 2.24) is 15.5 Å². The van der Waals surface area contributed by atoms with Gasteiger partial charge in [-0.15, -0.1) is 21.5 Å². The van der Waals surface area contributed by atoms with Crippen LogP contribution < -0.4 is 5.32 Å². The Bertz CT molecular complexity index is 499. The standard InChI is InChI=1S/C15H23N3OS/c1-15(2,3)16-10-4-7-13-17-18-14(20-13)9-8-12-6-5-11-19-12/h5-6,11,16H,4,7-10H2,1-3H3. The summed E-state index contributed by atoms with van der Waals surface area (Å²) in [7, 11) is 0. The SMILES string of the molecule is CC(C)(C)NCCCc1nnc(CCc2ccco2)s1. The number of furan rings is 1. The number of rotatable bonds is 7. The molecule has 0 aliphatic carbocycles. The van der Waals surface area contributed by atoms with E-state index in [4.69, 9.17) is 4.42 Å². The fourth-order valence-corrected chi connectivity index (χ4v) is 2.76. The maximum Gasteiger partial charge on any atom is 0.117 e. The van der Waals surface area contributed by atoms with E-state index in [0.717, 1.165) is 48.0 Å². The lowest BCUT2D eigenvalue weighted by Crippen LogP contribution is -2.36. The van der Waals surface area contributed by atoms with Crippen molar-refractivity contribution in [3.8, 4) is 0 Å². The van der Waals surface area contributed by atoms with E-state index in [9.17, 15) is 0 Å². The van der Waals surface area contributed by atoms with E-state index in [2.05, 4.69) is 36.3 Å². The van der Waals surface area contributed by atoms with Gasteiger partial charge in [0.2, 0.25) is 0 Å². The lowest BCUT2D eigenvalue weighted by Gasteiger charge is -2.20. The van der Waals surface area contributed by atoms with Crippen LogP contribution in [0, 0.1) is 0 Å². The Kier molecular flexibility index (Phi) is 5.31. The van der Waals surface area contributed by atoms with Crippen molar-refractivity contribution < 1.29 is 4.42 Å². The maximum absolute atomic E-state index is 5.32. The summed E-state index contributed by atoms with van der Waals surface area (Å²) < 4.78 is 5.32. The summed E-state index contributed by atoms with van der Waals surface area (Å²) in [4.78, 5) is 0. The predicted molar refractivity (Wildman–Crippen MR) is 82.1 cm³/mol. The number of hydrogen-bond acceptors (Lipinski definition) is 5. The highest BCUT2D eigenvalue weighted by atomic mass is 32.1. The average molecular weight is 293 g/mol. The minimum Gasteiger partial charge on any atom is -0.469 e. The van der Waals surface area contributed by atoms with Gasteiger partial charge >= 0.3 is 0 Å². The van der Waals surface area contributed by atoms with Gasteiger partial charge in [0.05, 0.1) is 6.26 Å². The molecule has 2 aromatic heterocycles. The minimum absolute atomic E-state index is 0.190. The molecule has 0 fully saturated rings. The number of hydrogen-bond donors (Lipinski definition) is 1. The topological polar surface area (TPSA) is 51.0 Å². The third-order valence-electron chi connectivity index (χ3n) is 2.90. The van der Waals surface area contributed by atoms with Gasteiger partial charge in [0, 0.05) is 24.8 Å². The van der Waals surface area contributed by atoms with Gasteiger partial charge in [-0.2, -0.15) is 0 Å². The molecule has 2 heterocycles. The number of nitrogens with zero attached hydrogens (tertiary/aromatic N) is 2. The molecule has 0 radical (unpaired) electrons. The first-order chi connectivity index (χ1) is 9.53. The molecule has 0 atom stereocenters. The molecule has 1 N–H and O–H groups in total. The van der Waals surface area contributed by atoms with Crippen molar-refractivity contribution in [1.29, 1.82) is 0 Å². The fourth-order valence-electron chi connectivity index (χ4n) is 1.88. The average Bonchev–Trinajstić information content (AvgIpc) is 3.02. The Hall–Kier alpha value is -1.20. The summed E-state index contributed by atoms with van der Waals surface area (Å²) in [6.45, 7) is 7.57. The first-order valence-corrected chi connectivity index (χ1v) is 7.93. The van der Waals surface area contributed by atoms with E-state index in [0.29, 0.717) is 0 Å². The molecule has 20 heavy (non-hydrogen) atoms. The zero-order valence-electron chi connectivity index (χ0n) is 12.5. The monoisotopic (exact) mass is 293 g/mol. The van der Waals surface area contributed by atoms with Gasteiger partial charge in [0.15, 0.2) is 0 Å². The van der Waals surface area contributed by atoms with Gasteiger partial charge in [-0.1, -0.05) is 0 Å². The molecular weight excluding hydrogens is 270 g/mol. The second-order valence-corrected chi connectivity index (χ2v) is 7.10. The van der Waals surface area contributed by atoms with E-state index >= 15 is 0 Å².